The van der Waals surface area contributed by atoms with Crippen LogP contribution < -0.4 is 4.74 Å². The minimum Gasteiger partial charge on any atom is -0.497 e. The lowest BCUT2D eigenvalue weighted by atomic mass is 9.88. The summed E-state index contributed by atoms with van der Waals surface area (Å²) in [5.41, 5.74) is 2.29. The number of carbonyl (C=O) groups excluding carboxylic acids is 1. The highest BCUT2D eigenvalue weighted by atomic mass is 16.5. The van der Waals surface area contributed by atoms with Gasteiger partial charge in [0.2, 0.25) is 5.91 Å². The van der Waals surface area contributed by atoms with Gasteiger partial charge in [-0.2, -0.15) is 0 Å². The van der Waals surface area contributed by atoms with Crippen LogP contribution in [0, 0.1) is 0 Å². The van der Waals surface area contributed by atoms with Crippen LogP contribution in [0.4, 0.5) is 0 Å². The highest BCUT2D eigenvalue weighted by Crippen LogP contribution is 2.30. The van der Waals surface area contributed by atoms with Gasteiger partial charge in [0.05, 0.1) is 20.3 Å². The SMILES string of the molecule is COc1ccc([C@@H](CC(=O)N2CCOCC2)c2ccccc2)cc1. The molecule has 3 rings (SSSR count). The van der Waals surface area contributed by atoms with Crippen LogP contribution >= 0.6 is 0 Å². The molecule has 0 radical (unpaired) electrons. The molecule has 126 valence electrons. The highest BCUT2D eigenvalue weighted by molar-refractivity contribution is 5.78. The van der Waals surface area contributed by atoms with Crippen molar-refractivity contribution >= 4 is 5.91 Å². The van der Waals surface area contributed by atoms with Crippen LogP contribution in [0.1, 0.15) is 23.5 Å². The Labute approximate surface area is 143 Å². The number of hydrogen-bond donors (Lipinski definition) is 0. The van der Waals surface area contributed by atoms with Crippen LogP contribution in [-0.4, -0.2) is 44.2 Å². The maximum Gasteiger partial charge on any atom is 0.223 e. The number of rotatable bonds is 5. The Balaban J connectivity index is 1.83. The molecule has 0 spiro atoms. The van der Waals surface area contributed by atoms with Crippen molar-refractivity contribution in [3.8, 4) is 5.75 Å². The summed E-state index contributed by atoms with van der Waals surface area (Å²) in [7, 11) is 1.66. The molecular formula is C20H23NO3. The Kier molecular flexibility index (Phi) is 5.49. The van der Waals surface area contributed by atoms with Crippen molar-refractivity contribution in [3.05, 3.63) is 65.7 Å². The smallest absolute Gasteiger partial charge is 0.223 e. The van der Waals surface area contributed by atoms with Gasteiger partial charge in [0, 0.05) is 25.4 Å². The molecule has 0 aliphatic carbocycles. The van der Waals surface area contributed by atoms with E-state index >= 15 is 0 Å². The van der Waals surface area contributed by atoms with E-state index in [0.29, 0.717) is 32.7 Å². The number of carbonyl (C=O) groups is 1. The summed E-state index contributed by atoms with van der Waals surface area (Å²) in [6.07, 6.45) is 0.469. The molecule has 0 bridgehead atoms. The largest absolute Gasteiger partial charge is 0.497 e. The summed E-state index contributed by atoms with van der Waals surface area (Å²) >= 11 is 0. The van der Waals surface area contributed by atoms with Crippen LogP contribution in [0.3, 0.4) is 0 Å². The Morgan fingerprint density at radius 2 is 1.67 bits per heavy atom. The molecule has 1 atom stereocenters. The first-order valence-corrected chi connectivity index (χ1v) is 8.32. The lowest BCUT2D eigenvalue weighted by Gasteiger charge is -2.29. The average Bonchev–Trinajstić information content (AvgIpc) is 2.67. The number of nitrogens with zero attached hydrogens (tertiary/aromatic N) is 1. The zero-order valence-corrected chi connectivity index (χ0v) is 14.0. The number of ether oxygens (including phenoxy) is 2. The van der Waals surface area contributed by atoms with Gasteiger partial charge in [0.25, 0.3) is 0 Å². The van der Waals surface area contributed by atoms with E-state index in [4.69, 9.17) is 9.47 Å². The van der Waals surface area contributed by atoms with Gasteiger partial charge in [-0.25, -0.2) is 0 Å². The molecule has 24 heavy (non-hydrogen) atoms. The molecule has 4 heteroatoms. The van der Waals surface area contributed by atoms with Crippen molar-refractivity contribution < 1.29 is 14.3 Å². The van der Waals surface area contributed by atoms with Crippen molar-refractivity contribution in [1.29, 1.82) is 0 Å². The lowest BCUT2D eigenvalue weighted by Crippen LogP contribution is -2.41. The number of benzene rings is 2. The number of methoxy groups -OCH3 is 1. The third kappa shape index (κ3) is 3.95. The first kappa shape index (κ1) is 16.5. The number of hydrogen-bond acceptors (Lipinski definition) is 3. The normalized spacial score (nSPS) is 15.8. The molecule has 0 unspecified atom stereocenters. The minimum absolute atomic E-state index is 0.0486. The van der Waals surface area contributed by atoms with E-state index in [1.54, 1.807) is 7.11 Å². The topological polar surface area (TPSA) is 38.8 Å². The Bertz CT molecular complexity index is 648. The summed E-state index contributed by atoms with van der Waals surface area (Å²) in [4.78, 5) is 14.6. The van der Waals surface area contributed by atoms with E-state index < -0.39 is 0 Å². The predicted molar refractivity (Wildman–Crippen MR) is 93.3 cm³/mol. The highest BCUT2D eigenvalue weighted by Gasteiger charge is 2.23. The molecule has 1 saturated heterocycles. The maximum atomic E-state index is 12.7. The monoisotopic (exact) mass is 325 g/mol. The van der Waals surface area contributed by atoms with Crippen LogP contribution in [0.5, 0.6) is 5.75 Å². The summed E-state index contributed by atoms with van der Waals surface area (Å²) in [6, 6.07) is 18.2. The van der Waals surface area contributed by atoms with Crippen molar-refractivity contribution in [2.45, 2.75) is 12.3 Å². The molecule has 2 aromatic carbocycles. The van der Waals surface area contributed by atoms with Gasteiger partial charge in [0.15, 0.2) is 0 Å². The summed E-state index contributed by atoms with van der Waals surface area (Å²) in [6.45, 7) is 2.63. The Morgan fingerprint density at radius 1 is 1.04 bits per heavy atom. The fourth-order valence-corrected chi connectivity index (χ4v) is 3.07. The molecule has 2 aromatic rings. The lowest BCUT2D eigenvalue weighted by molar-refractivity contribution is -0.135. The average molecular weight is 325 g/mol. The van der Waals surface area contributed by atoms with E-state index in [9.17, 15) is 4.79 Å². The third-order valence-electron chi connectivity index (χ3n) is 4.46. The second-order valence-electron chi connectivity index (χ2n) is 5.93. The molecule has 1 amide bonds. The summed E-state index contributed by atoms with van der Waals surface area (Å²) in [5.74, 6) is 1.06. The Hall–Kier alpha value is -2.33. The van der Waals surface area contributed by atoms with Crippen molar-refractivity contribution in [1.82, 2.24) is 4.90 Å². The van der Waals surface area contributed by atoms with E-state index in [1.165, 1.54) is 0 Å². The van der Waals surface area contributed by atoms with Crippen LogP contribution in [0.15, 0.2) is 54.6 Å². The van der Waals surface area contributed by atoms with Gasteiger partial charge in [-0.3, -0.25) is 4.79 Å². The molecular weight excluding hydrogens is 302 g/mol. The van der Waals surface area contributed by atoms with E-state index in [0.717, 1.165) is 16.9 Å². The minimum atomic E-state index is 0.0486. The second kappa shape index (κ2) is 7.97. The standard InChI is InChI=1S/C20H23NO3/c1-23-18-9-7-17(8-10-18)19(16-5-3-2-4-6-16)15-20(22)21-11-13-24-14-12-21/h2-10,19H,11-15H2,1H3/t19-/m0/s1. The van der Waals surface area contributed by atoms with Gasteiger partial charge >= 0.3 is 0 Å². The molecule has 0 N–H and O–H groups in total. The zero-order chi connectivity index (χ0) is 16.8. The van der Waals surface area contributed by atoms with Crippen LogP contribution in [0.25, 0.3) is 0 Å². The molecule has 1 heterocycles. The third-order valence-corrected chi connectivity index (χ3v) is 4.46. The van der Waals surface area contributed by atoms with E-state index in [-0.39, 0.29) is 11.8 Å². The van der Waals surface area contributed by atoms with E-state index in [1.807, 2.05) is 47.4 Å². The van der Waals surface area contributed by atoms with Crippen LogP contribution in [-0.2, 0) is 9.53 Å². The van der Waals surface area contributed by atoms with E-state index in [2.05, 4.69) is 12.1 Å². The van der Waals surface area contributed by atoms with Gasteiger partial charge < -0.3 is 14.4 Å². The van der Waals surface area contributed by atoms with Gasteiger partial charge in [0.1, 0.15) is 5.75 Å². The quantitative estimate of drug-likeness (QED) is 0.848. The molecule has 0 aromatic heterocycles. The van der Waals surface area contributed by atoms with Crippen molar-refractivity contribution in [2.75, 3.05) is 33.4 Å². The van der Waals surface area contributed by atoms with Gasteiger partial charge in [-0.1, -0.05) is 42.5 Å². The van der Waals surface area contributed by atoms with Crippen LogP contribution in [0.2, 0.25) is 0 Å². The molecule has 4 nitrogen and oxygen atoms in total. The fraction of sp³-hybridized carbons (Fsp3) is 0.350. The Morgan fingerprint density at radius 3 is 2.29 bits per heavy atom. The number of morpholine rings is 1. The summed E-state index contributed by atoms with van der Waals surface area (Å²) in [5, 5.41) is 0. The van der Waals surface area contributed by atoms with Gasteiger partial charge in [-0.15, -0.1) is 0 Å². The fourth-order valence-electron chi connectivity index (χ4n) is 3.07. The predicted octanol–water partition coefficient (Wildman–Crippen LogP) is 3.08. The molecule has 1 aliphatic heterocycles. The molecule has 1 fully saturated rings. The summed E-state index contributed by atoms with van der Waals surface area (Å²) < 4.78 is 10.6. The van der Waals surface area contributed by atoms with Gasteiger partial charge in [-0.05, 0) is 23.3 Å². The first-order chi connectivity index (χ1) is 11.8. The second-order valence-corrected chi connectivity index (χ2v) is 5.93. The molecule has 1 aliphatic rings. The van der Waals surface area contributed by atoms with Crippen molar-refractivity contribution in [3.63, 3.8) is 0 Å². The maximum absolute atomic E-state index is 12.7. The number of amides is 1. The zero-order valence-electron chi connectivity index (χ0n) is 14.0. The first-order valence-electron chi connectivity index (χ1n) is 8.32. The van der Waals surface area contributed by atoms with Crippen molar-refractivity contribution in [2.24, 2.45) is 0 Å². The molecule has 0 saturated carbocycles.